The number of likely N-dealkylation sites (tertiary alicyclic amines) is 1. The third-order valence-electron chi connectivity index (χ3n) is 5.32. The summed E-state index contributed by atoms with van der Waals surface area (Å²) in [6.45, 7) is 0.969. The zero-order chi connectivity index (χ0) is 22.7. The van der Waals surface area contributed by atoms with Crippen molar-refractivity contribution in [1.82, 2.24) is 15.0 Å². The van der Waals surface area contributed by atoms with Crippen molar-refractivity contribution in [2.45, 2.75) is 25.4 Å². The number of aromatic nitrogens is 2. The molecule has 1 fully saturated rings. The molecule has 1 aliphatic heterocycles. The van der Waals surface area contributed by atoms with Crippen LogP contribution in [-0.2, 0) is 12.6 Å². The first-order valence-corrected chi connectivity index (χ1v) is 10.1. The van der Waals surface area contributed by atoms with Crippen LogP contribution in [-0.4, -0.2) is 34.2 Å². The fraction of sp³-hybridized carbons (Fsp3) is 0.318. The lowest BCUT2D eigenvalue weighted by atomic mass is 9.95. The predicted molar refractivity (Wildman–Crippen MR) is 108 cm³/mol. The Morgan fingerprint density at radius 2 is 1.91 bits per heavy atom. The second-order valence-electron chi connectivity index (χ2n) is 7.66. The van der Waals surface area contributed by atoms with Crippen LogP contribution in [0.25, 0.3) is 11.4 Å². The van der Waals surface area contributed by atoms with Crippen LogP contribution in [0.4, 0.5) is 28.0 Å². The summed E-state index contributed by atoms with van der Waals surface area (Å²) < 4.78 is 57.2. The summed E-state index contributed by atoms with van der Waals surface area (Å²) in [6, 6.07) is 10.1. The van der Waals surface area contributed by atoms with Crippen LogP contribution in [0.3, 0.4) is 0 Å². The maximum atomic E-state index is 13.9. The molecule has 0 radical (unpaired) electrons. The molecular weight excluding hydrogens is 428 g/mol. The first kappa shape index (κ1) is 21.8. The van der Waals surface area contributed by atoms with Gasteiger partial charge in [-0.25, -0.2) is 9.18 Å². The van der Waals surface area contributed by atoms with Gasteiger partial charge in [-0.05, 0) is 55.2 Å². The van der Waals surface area contributed by atoms with E-state index >= 15 is 0 Å². The highest BCUT2D eigenvalue weighted by Gasteiger charge is 2.30. The Labute approximate surface area is 181 Å². The number of piperidine rings is 1. The van der Waals surface area contributed by atoms with Gasteiger partial charge in [0.25, 0.3) is 0 Å². The van der Waals surface area contributed by atoms with E-state index in [4.69, 9.17) is 4.52 Å². The van der Waals surface area contributed by atoms with Gasteiger partial charge in [-0.3, -0.25) is 0 Å². The van der Waals surface area contributed by atoms with Crippen molar-refractivity contribution in [3.05, 3.63) is 65.8 Å². The van der Waals surface area contributed by atoms with Gasteiger partial charge >= 0.3 is 12.2 Å². The number of amides is 2. The van der Waals surface area contributed by atoms with E-state index in [-0.39, 0.29) is 29.0 Å². The van der Waals surface area contributed by atoms with Crippen LogP contribution < -0.4 is 5.32 Å². The Bertz CT molecular complexity index is 1080. The van der Waals surface area contributed by atoms with E-state index in [0.717, 1.165) is 25.0 Å². The minimum atomic E-state index is -4.43. The minimum Gasteiger partial charge on any atom is -0.339 e. The van der Waals surface area contributed by atoms with Crippen molar-refractivity contribution in [3.63, 3.8) is 0 Å². The number of nitrogens with zero attached hydrogens (tertiary/aromatic N) is 3. The van der Waals surface area contributed by atoms with Crippen molar-refractivity contribution in [1.29, 1.82) is 0 Å². The van der Waals surface area contributed by atoms with Gasteiger partial charge in [0.2, 0.25) is 11.7 Å². The number of hydrogen-bond acceptors (Lipinski definition) is 4. The quantitative estimate of drug-likeness (QED) is 0.544. The largest absolute Gasteiger partial charge is 0.416 e. The fourth-order valence-electron chi connectivity index (χ4n) is 3.70. The van der Waals surface area contributed by atoms with Gasteiger partial charge in [0.1, 0.15) is 5.82 Å². The SMILES string of the molecule is O=C(Nc1ccc(C(F)(F)F)cc1)N1CCCC(Cc2nc(-c3ccccc3F)no2)C1. The van der Waals surface area contributed by atoms with Crippen LogP contribution in [0, 0.1) is 11.7 Å². The number of benzene rings is 2. The van der Waals surface area contributed by atoms with Gasteiger partial charge in [-0.2, -0.15) is 18.2 Å². The number of carbonyl (C=O) groups excluding carboxylic acids is 1. The number of carbonyl (C=O) groups is 1. The average Bonchev–Trinajstić information content (AvgIpc) is 3.22. The standard InChI is InChI=1S/C22H20F4N4O2/c23-18-6-2-1-5-17(18)20-28-19(32-29-20)12-14-4-3-11-30(13-14)21(31)27-16-9-7-15(8-10-16)22(24,25)26/h1-2,5-10,14H,3-4,11-13H2,(H,27,31). The molecule has 0 bridgehead atoms. The molecule has 32 heavy (non-hydrogen) atoms. The molecule has 3 aromatic rings. The zero-order valence-corrected chi connectivity index (χ0v) is 16.9. The van der Waals surface area contributed by atoms with E-state index in [2.05, 4.69) is 15.5 Å². The van der Waals surface area contributed by atoms with E-state index in [9.17, 15) is 22.4 Å². The van der Waals surface area contributed by atoms with Gasteiger partial charge in [-0.1, -0.05) is 17.3 Å². The van der Waals surface area contributed by atoms with Crippen LogP contribution >= 0.6 is 0 Å². The number of halogens is 4. The lowest BCUT2D eigenvalue weighted by Crippen LogP contribution is -2.42. The van der Waals surface area contributed by atoms with Crippen molar-refractivity contribution >= 4 is 11.7 Å². The molecule has 10 heteroatoms. The van der Waals surface area contributed by atoms with Gasteiger partial charge in [0.05, 0.1) is 11.1 Å². The number of anilines is 1. The lowest BCUT2D eigenvalue weighted by Gasteiger charge is -2.32. The third-order valence-corrected chi connectivity index (χ3v) is 5.32. The van der Waals surface area contributed by atoms with Crippen LogP contribution in [0.1, 0.15) is 24.3 Å². The number of urea groups is 1. The summed E-state index contributed by atoms with van der Waals surface area (Å²) in [4.78, 5) is 18.5. The monoisotopic (exact) mass is 448 g/mol. The first-order chi connectivity index (χ1) is 15.3. The zero-order valence-electron chi connectivity index (χ0n) is 16.9. The topological polar surface area (TPSA) is 71.3 Å². The average molecular weight is 448 g/mol. The van der Waals surface area contributed by atoms with Gasteiger partial charge in [0, 0.05) is 25.2 Å². The molecule has 1 aliphatic rings. The Balaban J connectivity index is 1.35. The maximum Gasteiger partial charge on any atom is 0.416 e. The van der Waals surface area contributed by atoms with Gasteiger partial charge in [0.15, 0.2) is 0 Å². The lowest BCUT2D eigenvalue weighted by molar-refractivity contribution is -0.137. The summed E-state index contributed by atoms with van der Waals surface area (Å²) in [5, 5.41) is 6.48. The Morgan fingerprint density at radius 1 is 1.16 bits per heavy atom. The van der Waals surface area contributed by atoms with Crippen molar-refractivity contribution in [2.24, 2.45) is 5.92 Å². The molecule has 0 aliphatic carbocycles. The molecule has 4 rings (SSSR count). The van der Waals surface area contributed by atoms with E-state index in [1.54, 1.807) is 23.1 Å². The van der Waals surface area contributed by atoms with E-state index in [0.29, 0.717) is 25.4 Å². The third kappa shape index (κ3) is 5.06. The molecule has 1 saturated heterocycles. The molecule has 0 spiro atoms. The van der Waals surface area contributed by atoms with Gasteiger partial charge in [-0.15, -0.1) is 0 Å². The highest BCUT2D eigenvalue weighted by atomic mass is 19.4. The molecule has 1 aromatic heterocycles. The molecule has 1 unspecified atom stereocenters. The maximum absolute atomic E-state index is 13.9. The highest BCUT2D eigenvalue weighted by Crippen LogP contribution is 2.30. The minimum absolute atomic E-state index is 0.0658. The summed E-state index contributed by atoms with van der Waals surface area (Å²) in [7, 11) is 0. The molecule has 1 atom stereocenters. The normalized spacial score (nSPS) is 16.8. The second-order valence-corrected chi connectivity index (χ2v) is 7.66. The van der Waals surface area contributed by atoms with Crippen molar-refractivity contribution < 1.29 is 26.9 Å². The number of rotatable bonds is 4. The molecule has 6 nitrogen and oxygen atoms in total. The second kappa shape index (κ2) is 8.97. The number of alkyl halides is 3. The molecule has 2 aromatic carbocycles. The first-order valence-electron chi connectivity index (χ1n) is 10.1. The highest BCUT2D eigenvalue weighted by molar-refractivity contribution is 5.89. The Morgan fingerprint density at radius 3 is 2.62 bits per heavy atom. The van der Waals surface area contributed by atoms with Crippen molar-refractivity contribution in [3.8, 4) is 11.4 Å². The van der Waals surface area contributed by atoms with Crippen LogP contribution in [0.5, 0.6) is 0 Å². The van der Waals surface area contributed by atoms with Gasteiger partial charge < -0.3 is 14.7 Å². The van der Waals surface area contributed by atoms with E-state index < -0.39 is 17.6 Å². The fourth-order valence-corrected chi connectivity index (χ4v) is 3.70. The van der Waals surface area contributed by atoms with Crippen LogP contribution in [0.2, 0.25) is 0 Å². The summed E-state index contributed by atoms with van der Waals surface area (Å²) >= 11 is 0. The van der Waals surface area contributed by atoms with Crippen molar-refractivity contribution in [2.75, 3.05) is 18.4 Å². The Hall–Kier alpha value is -3.43. The molecule has 0 saturated carbocycles. The smallest absolute Gasteiger partial charge is 0.339 e. The molecular formula is C22H20F4N4O2. The summed E-state index contributed by atoms with van der Waals surface area (Å²) in [6.07, 6.45) is -2.38. The summed E-state index contributed by atoms with van der Waals surface area (Å²) in [5.41, 5.74) is -0.233. The molecule has 168 valence electrons. The number of hydrogen-bond donors (Lipinski definition) is 1. The molecule has 1 N–H and O–H groups in total. The Kier molecular flexibility index (Phi) is 6.11. The van der Waals surface area contributed by atoms with E-state index in [1.807, 2.05) is 0 Å². The molecule has 2 amide bonds. The van der Waals surface area contributed by atoms with E-state index in [1.165, 1.54) is 18.2 Å². The molecule has 2 heterocycles. The van der Waals surface area contributed by atoms with Crippen LogP contribution in [0.15, 0.2) is 53.1 Å². The number of nitrogens with one attached hydrogen (secondary N) is 1. The predicted octanol–water partition coefficient (Wildman–Crippen LogP) is 5.38. The summed E-state index contributed by atoms with van der Waals surface area (Å²) in [5.74, 6) is 0.156.